The van der Waals surface area contributed by atoms with Crippen molar-refractivity contribution in [3.63, 3.8) is 0 Å². The van der Waals surface area contributed by atoms with Gasteiger partial charge < -0.3 is 10.1 Å². The van der Waals surface area contributed by atoms with Crippen molar-refractivity contribution < 1.29 is 9.53 Å². The van der Waals surface area contributed by atoms with E-state index < -0.39 is 0 Å². The molecular weight excluding hydrogens is 296 g/mol. The molecule has 2 rings (SSSR count). The molecule has 20 heavy (non-hydrogen) atoms. The minimum absolute atomic E-state index is 0.335. The molecule has 0 atom stereocenters. The number of rotatable bonds is 3. The van der Waals surface area contributed by atoms with E-state index in [-0.39, 0.29) is 5.91 Å². The second-order valence-electron chi connectivity index (χ2n) is 4.01. The molecule has 0 unspecified atom stereocenters. The highest BCUT2D eigenvalue weighted by atomic mass is 35.5. The Morgan fingerprint density at radius 3 is 2.80 bits per heavy atom. The van der Waals surface area contributed by atoms with Crippen molar-refractivity contribution in [2.75, 3.05) is 12.4 Å². The SMILES string of the molecule is COc1cccc(C#N)c1NC(=O)c1scc(C)c1Cl. The highest BCUT2D eigenvalue weighted by Crippen LogP contribution is 2.31. The molecule has 0 spiro atoms. The zero-order valence-corrected chi connectivity index (χ0v) is 12.4. The Hall–Kier alpha value is -2.03. The van der Waals surface area contributed by atoms with E-state index in [9.17, 15) is 4.79 Å². The van der Waals surface area contributed by atoms with Crippen LogP contribution in [0.15, 0.2) is 23.6 Å². The van der Waals surface area contributed by atoms with Crippen molar-refractivity contribution in [1.29, 1.82) is 5.26 Å². The molecule has 0 saturated heterocycles. The number of nitriles is 1. The first-order valence-corrected chi connectivity index (χ1v) is 6.96. The third-order valence-corrected chi connectivity index (χ3v) is 4.41. The van der Waals surface area contributed by atoms with E-state index in [1.54, 1.807) is 18.2 Å². The molecule has 1 aromatic heterocycles. The number of benzene rings is 1. The summed E-state index contributed by atoms with van der Waals surface area (Å²) in [6.45, 7) is 1.83. The predicted octanol–water partition coefficient (Wildman–Crippen LogP) is 3.84. The Bertz CT molecular complexity index is 704. The first-order chi connectivity index (χ1) is 9.58. The van der Waals surface area contributed by atoms with Gasteiger partial charge >= 0.3 is 0 Å². The van der Waals surface area contributed by atoms with E-state index >= 15 is 0 Å². The number of nitrogens with one attached hydrogen (secondary N) is 1. The van der Waals surface area contributed by atoms with E-state index in [4.69, 9.17) is 21.6 Å². The topological polar surface area (TPSA) is 62.1 Å². The third-order valence-electron chi connectivity index (χ3n) is 2.71. The number of carbonyl (C=O) groups is 1. The summed E-state index contributed by atoms with van der Waals surface area (Å²) in [7, 11) is 1.48. The maximum atomic E-state index is 12.2. The number of amides is 1. The molecule has 1 aromatic carbocycles. The molecule has 1 heterocycles. The Balaban J connectivity index is 2.38. The van der Waals surface area contributed by atoms with E-state index in [0.717, 1.165) is 5.56 Å². The number of thiophene rings is 1. The summed E-state index contributed by atoms with van der Waals surface area (Å²) in [5, 5.41) is 14.0. The fraction of sp³-hybridized carbons (Fsp3) is 0.143. The van der Waals surface area contributed by atoms with Gasteiger partial charge in [-0.3, -0.25) is 4.79 Å². The van der Waals surface area contributed by atoms with Gasteiger partial charge in [-0.25, -0.2) is 0 Å². The first kappa shape index (κ1) is 14.4. The van der Waals surface area contributed by atoms with Crippen LogP contribution < -0.4 is 10.1 Å². The highest BCUT2D eigenvalue weighted by molar-refractivity contribution is 7.13. The van der Waals surface area contributed by atoms with Crippen LogP contribution in [-0.2, 0) is 0 Å². The van der Waals surface area contributed by atoms with Gasteiger partial charge in [-0.15, -0.1) is 11.3 Å². The summed E-state index contributed by atoms with van der Waals surface area (Å²) in [6.07, 6.45) is 0. The number of hydrogen-bond donors (Lipinski definition) is 1. The minimum atomic E-state index is -0.353. The van der Waals surface area contributed by atoms with Crippen molar-refractivity contribution in [2.24, 2.45) is 0 Å². The number of methoxy groups -OCH3 is 1. The number of carbonyl (C=O) groups excluding carboxylic acids is 1. The van der Waals surface area contributed by atoms with E-state index in [1.165, 1.54) is 18.4 Å². The molecule has 0 aliphatic rings. The Kier molecular flexibility index (Phi) is 4.28. The number of ether oxygens (including phenoxy) is 1. The number of aryl methyl sites for hydroxylation is 1. The number of para-hydroxylation sites is 1. The number of nitrogens with zero attached hydrogens (tertiary/aromatic N) is 1. The summed E-state index contributed by atoms with van der Waals surface area (Å²) in [5.74, 6) is 0.0795. The lowest BCUT2D eigenvalue weighted by molar-refractivity contribution is 0.103. The Labute approximate surface area is 125 Å². The summed E-state index contributed by atoms with van der Waals surface area (Å²) < 4.78 is 5.16. The average molecular weight is 307 g/mol. The van der Waals surface area contributed by atoms with Gasteiger partial charge in [0.2, 0.25) is 0 Å². The molecule has 6 heteroatoms. The monoisotopic (exact) mass is 306 g/mol. The van der Waals surface area contributed by atoms with Crippen molar-refractivity contribution in [3.05, 3.63) is 44.6 Å². The van der Waals surface area contributed by atoms with Crippen LogP contribution in [0.2, 0.25) is 5.02 Å². The quantitative estimate of drug-likeness (QED) is 0.937. The van der Waals surface area contributed by atoms with Crippen LogP contribution in [0.25, 0.3) is 0 Å². The van der Waals surface area contributed by atoms with Crippen LogP contribution in [0, 0.1) is 18.3 Å². The molecule has 102 valence electrons. The lowest BCUT2D eigenvalue weighted by atomic mass is 10.1. The largest absolute Gasteiger partial charge is 0.495 e. The summed E-state index contributed by atoms with van der Waals surface area (Å²) in [6, 6.07) is 7.00. The third kappa shape index (κ3) is 2.62. The molecule has 1 N–H and O–H groups in total. The zero-order chi connectivity index (χ0) is 14.7. The lowest BCUT2D eigenvalue weighted by Crippen LogP contribution is -2.12. The molecule has 1 amide bonds. The molecule has 4 nitrogen and oxygen atoms in total. The standard InChI is InChI=1S/C14H11ClN2O2S/c1-8-7-20-13(11(8)15)14(18)17-12-9(6-16)4-3-5-10(12)19-2/h3-5,7H,1-2H3,(H,17,18). The average Bonchev–Trinajstić information content (AvgIpc) is 2.79. The molecule has 0 aliphatic heterocycles. The maximum Gasteiger partial charge on any atom is 0.267 e. The Morgan fingerprint density at radius 2 is 2.25 bits per heavy atom. The summed E-state index contributed by atoms with van der Waals surface area (Å²) >= 11 is 7.33. The number of halogens is 1. The molecule has 0 saturated carbocycles. The molecular formula is C14H11ClN2O2S. The summed E-state index contributed by atoms with van der Waals surface area (Å²) in [5.41, 5.74) is 1.54. The molecule has 2 aromatic rings. The highest BCUT2D eigenvalue weighted by Gasteiger charge is 2.18. The van der Waals surface area contributed by atoms with Gasteiger partial charge in [-0.05, 0) is 30.0 Å². The molecule has 0 bridgehead atoms. The van der Waals surface area contributed by atoms with Crippen molar-refractivity contribution in [1.82, 2.24) is 0 Å². The fourth-order valence-corrected chi connectivity index (χ4v) is 2.85. The second kappa shape index (κ2) is 5.95. The van der Waals surface area contributed by atoms with Crippen LogP contribution >= 0.6 is 22.9 Å². The van der Waals surface area contributed by atoms with E-state index in [2.05, 4.69) is 5.32 Å². The smallest absolute Gasteiger partial charge is 0.267 e. The first-order valence-electron chi connectivity index (χ1n) is 5.70. The van der Waals surface area contributed by atoms with Gasteiger partial charge in [0.05, 0.1) is 17.7 Å². The van der Waals surface area contributed by atoms with Crippen LogP contribution in [0.3, 0.4) is 0 Å². The summed E-state index contributed by atoms with van der Waals surface area (Å²) in [4.78, 5) is 12.7. The number of hydrogen-bond acceptors (Lipinski definition) is 4. The number of anilines is 1. The van der Waals surface area contributed by atoms with Crippen molar-refractivity contribution in [2.45, 2.75) is 6.92 Å². The molecule has 0 fully saturated rings. The predicted molar refractivity (Wildman–Crippen MR) is 79.7 cm³/mol. The maximum absolute atomic E-state index is 12.2. The van der Waals surface area contributed by atoms with Gasteiger partial charge in [0.15, 0.2) is 0 Å². The van der Waals surface area contributed by atoms with Gasteiger partial charge in [-0.2, -0.15) is 5.26 Å². The van der Waals surface area contributed by atoms with Crippen LogP contribution in [-0.4, -0.2) is 13.0 Å². The van der Waals surface area contributed by atoms with Crippen LogP contribution in [0.1, 0.15) is 20.8 Å². The van der Waals surface area contributed by atoms with Gasteiger partial charge in [0.25, 0.3) is 5.91 Å². The van der Waals surface area contributed by atoms with Gasteiger partial charge in [-0.1, -0.05) is 17.7 Å². The van der Waals surface area contributed by atoms with Crippen molar-refractivity contribution in [3.8, 4) is 11.8 Å². The minimum Gasteiger partial charge on any atom is -0.495 e. The second-order valence-corrected chi connectivity index (χ2v) is 5.27. The van der Waals surface area contributed by atoms with Crippen molar-refractivity contribution >= 4 is 34.5 Å². The fourth-order valence-electron chi connectivity index (χ4n) is 1.68. The Morgan fingerprint density at radius 1 is 1.50 bits per heavy atom. The normalized spacial score (nSPS) is 9.90. The van der Waals surface area contributed by atoms with E-state index in [0.29, 0.717) is 26.9 Å². The van der Waals surface area contributed by atoms with Crippen LogP contribution in [0.5, 0.6) is 5.75 Å². The van der Waals surface area contributed by atoms with E-state index in [1.807, 2.05) is 18.4 Å². The van der Waals surface area contributed by atoms with Gasteiger partial charge in [0.1, 0.15) is 22.4 Å². The molecule has 0 aliphatic carbocycles. The lowest BCUT2D eigenvalue weighted by Gasteiger charge is -2.11. The molecule has 0 radical (unpaired) electrons. The zero-order valence-electron chi connectivity index (χ0n) is 10.9. The van der Waals surface area contributed by atoms with Gasteiger partial charge in [0, 0.05) is 0 Å². The van der Waals surface area contributed by atoms with Crippen LogP contribution in [0.4, 0.5) is 5.69 Å².